The second kappa shape index (κ2) is 6.70. The van der Waals surface area contributed by atoms with Crippen molar-refractivity contribution >= 4 is 28.2 Å². The minimum atomic E-state index is -0.761. The third-order valence-electron chi connectivity index (χ3n) is 3.75. The SMILES string of the molecule is CC1CC(C(=O)O)CCN1CC(=O)Nc1sccc1C#N. The van der Waals surface area contributed by atoms with Gasteiger partial charge in [-0.25, -0.2) is 0 Å². The van der Waals surface area contributed by atoms with Crippen molar-refractivity contribution in [1.82, 2.24) is 4.90 Å². The average Bonchev–Trinajstić information content (AvgIpc) is 2.87. The van der Waals surface area contributed by atoms with Gasteiger partial charge < -0.3 is 10.4 Å². The molecule has 7 heteroatoms. The molecule has 2 atom stereocenters. The first-order valence-corrected chi connectivity index (χ1v) is 7.63. The molecular weight excluding hydrogens is 290 g/mol. The van der Waals surface area contributed by atoms with Crippen LogP contribution in [0.1, 0.15) is 25.3 Å². The molecule has 1 aliphatic rings. The Morgan fingerprint density at radius 2 is 2.38 bits per heavy atom. The maximum atomic E-state index is 12.0. The maximum absolute atomic E-state index is 12.0. The van der Waals surface area contributed by atoms with Gasteiger partial charge in [-0.2, -0.15) is 5.26 Å². The van der Waals surface area contributed by atoms with Gasteiger partial charge in [0, 0.05) is 6.04 Å². The van der Waals surface area contributed by atoms with Crippen molar-refractivity contribution in [2.24, 2.45) is 5.92 Å². The van der Waals surface area contributed by atoms with Crippen molar-refractivity contribution in [3.63, 3.8) is 0 Å². The highest BCUT2D eigenvalue weighted by Crippen LogP contribution is 2.24. The number of rotatable bonds is 4. The van der Waals surface area contributed by atoms with Crippen molar-refractivity contribution in [1.29, 1.82) is 5.26 Å². The lowest BCUT2D eigenvalue weighted by Gasteiger charge is -2.35. The third kappa shape index (κ3) is 3.80. The van der Waals surface area contributed by atoms with Gasteiger partial charge in [-0.1, -0.05) is 0 Å². The van der Waals surface area contributed by atoms with Gasteiger partial charge in [-0.3, -0.25) is 14.5 Å². The topological polar surface area (TPSA) is 93.4 Å². The molecule has 6 nitrogen and oxygen atoms in total. The summed E-state index contributed by atoms with van der Waals surface area (Å²) in [7, 11) is 0. The van der Waals surface area contributed by atoms with Crippen LogP contribution in [0.3, 0.4) is 0 Å². The molecule has 2 rings (SSSR count). The van der Waals surface area contributed by atoms with Crippen molar-refractivity contribution in [2.75, 3.05) is 18.4 Å². The maximum Gasteiger partial charge on any atom is 0.306 e. The number of nitrogens with zero attached hydrogens (tertiary/aromatic N) is 2. The summed E-state index contributed by atoms with van der Waals surface area (Å²) in [5.41, 5.74) is 0.464. The molecule has 1 aliphatic heterocycles. The summed E-state index contributed by atoms with van der Waals surface area (Å²) in [5, 5.41) is 23.0. The molecule has 0 bridgehead atoms. The largest absolute Gasteiger partial charge is 0.481 e. The van der Waals surface area contributed by atoms with E-state index in [9.17, 15) is 9.59 Å². The number of carbonyl (C=O) groups is 2. The molecule has 112 valence electrons. The second-order valence-electron chi connectivity index (χ2n) is 5.20. The molecule has 1 aromatic heterocycles. The molecule has 2 heterocycles. The Bertz CT molecular complexity index is 578. The van der Waals surface area contributed by atoms with E-state index in [1.54, 1.807) is 11.4 Å². The van der Waals surface area contributed by atoms with E-state index in [1.807, 2.05) is 17.9 Å². The molecule has 21 heavy (non-hydrogen) atoms. The smallest absolute Gasteiger partial charge is 0.306 e. The number of amides is 1. The van der Waals surface area contributed by atoms with Gasteiger partial charge in [0.15, 0.2) is 0 Å². The van der Waals surface area contributed by atoms with Crippen LogP contribution in [0, 0.1) is 17.2 Å². The van der Waals surface area contributed by atoms with E-state index in [0.29, 0.717) is 30.0 Å². The monoisotopic (exact) mass is 307 g/mol. The minimum Gasteiger partial charge on any atom is -0.481 e. The number of carboxylic acids is 1. The molecular formula is C14H17N3O3S. The first-order chi connectivity index (χ1) is 10.0. The summed E-state index contributed by atoms with van der Waals surface area (Å²) in [4.78, 5) is 25.0. The van der Waals surface area contributed by atoms with E-state index in [-0.39, 0.29) is 24.4 Å². The van der Waals surface area contributed by atoms with E-state index in [1.165, 1.54) is 11.3 Å². The van der Waals surface area contributed by atoms with Crippen LogP contribution in [0.25, 0.3) is 0 Å². The highest BCUT2D eigenvalue weighted by Gasteiger charge is 2.30. The fourth-order valence-electron chi connectivity index (χ4n) is 2.52. The zero-order valence-corrected chi connectivity index (χ0v) is 12.5. The van der Waals surface area contributed by atoms with Crippen LogP contribution >= 0.6 is 11.3 Å². The van der Waals surface area contributed by atoms with E-state index < -0.39 is 5.97 Å². The molecule has 1 saturated heterocycles. The number of carbonyl (C=O) groups excluding carboxylic acids is 1. The number of likely N-dealkylation sites (tertiary alicyclic amines) is 1. The molecule has 0 spiro atoms. The number of hydrogen-bond acceptors (Lipinski definition) is 5. The lowest BCUT2D eigenvalue weighted by Crippen LogP contribution is -2.46. The third-order valence-corrected chi connectivity index (χ3v) is 4.58. The lowest BCUT2D eigenvalue weighted by atomic mass is 9.92. The highest BCUT2D eigenvalue weighted by molar-refractivity contribution is 7.14. The fraction of sp³-hybridized carbons (Fsp3) is 0.500. The van der Waals surface area contributed by atoms with Gasteiger partial charge in [0.05, 0.1) is 18.0 Å². The van der Waals surface area contributed by atoms with E-state index in [0.717, 1.165) is 0 Å². The number of anilines is 1. The van der Waals surface area contributed by atoms with Crippen molar-refractivity contribution in [3.05, 3.63) is 17.0 Å². The number of thiophene rings is 1. The number of carboxylic acid groups (broad SMARTS) is 1. The molecule has 0 radical (unpaired) electrons. The van der Waals surface area contributed by atoms with Crippen LogP contribution in [0.4, 0.5) is 5.00 Å². The predicted molar refractivity (Wildman–Crippen MR) is 79.1 cm³/mol. The summed E-state index contributed by atoms with van der Waals surface area (Å²) < 4.78 is 0. The minimum absolute atomic E-state index is 0.0596. The van der Waals surface area contributed by atoms with Gasteiger partial charge in [0.2, 0.25) is 5.91 Å². The van der Waals surface area contributed by atoms with Crippen molar-refractivity contribution < 1.29 is 14.7 Å². The Morgan fingerprint density at radius 3 is 3.00 bits per heavy atom. The van der Waals surface area contributed by atoms with Gasteiger partial charge in [0.1, 0.15) is 11.1 Å². The zero-order chi connectivity index (χ0) is 15.4. The molecule has 1 fully saturated rings. The Morgan fingerprint density at radius 1 is 1.62 bits per heavy atom. The predicted octanol–water partition coefficient (Wildman–Crippen LogP) is 1.74. The molecule has 0 aliphatic carbocycles. The molecule has 1 amide bonds. The Balaban J connectivity index is 1.89. The first kappa shape index (κ1) is 15.5. The lowest BCUT2D eigenvalue weighted by molar-refractivity contribution is -0.144. The van der Waals surface area contributed by atoms with Crippen molar-refractivity contribution in [2.45, 2.75) is 25.8 Å². The Labute approximate surface area is 127 Å². The van der Waals surface area contributed by atoms with Crippen LogP contribution < -0.4 is 5.32 Å². The van der Waals surface area contributed by atoms with Gasteiger partial charge >= 0.3 is 5.97 Å². The van der Waals surface area contributed by atoms with Crippen LogP contribution in [0.2, 0.25) is 0 Å². The van der Waals surface area contributed by atoms with Gasteiger partial charge in [0.25, 0.3) is 0 Å². The number of hydrogen-bond donors (Lipinski definition) is 2. The number of piperidine rings is 1. The number of aliphatic carboxylic acids is 1. The average molecular weight is 307 g/mol. The number of nitriles is 1. The quantitative estimate of drug-likeness (QED) is 0.884. The highest BCUT2D eigenvalue weighted by atomic mass is 32.1. The van der Waals surface area contributed by atoms with Crippen molar-refractivity contribution in [3.8, 4) is 6.07 Å². The van der Waals surface area contributed by atoms with Crippen LogP contribution in [0.15, 0.2) is 11.4 Å². The number of nitrogens with one attached hydrogen (secondary N) is 1. The zero-order valence-electron chi connectivity index (χ0n) is 11.7. The summed E-state index contributed by atoms with van der Waals surface area (Å²) in [5.74, 6) is -1.25. The summed E-state index contributed by atoms with van der Waals surface area (Å²) in [6.07, 6.45) is 1.13. The standard InChI is InChI=1S/C14H17N3O3S/c1-9-6-10(14(19)20)2-4-17(9)8-12(18)16-13-11(7-15)3-5-21-13/h3,5,9-10H,2,4,6,8H2,1H3,(H,16,18)(H,19,20). The van der Waals surface area contributed by atoms with Gasteiger partial charge in [-0.05, 0) is 37.8 Å². The van der Waals surface area contributed by atoms with Gasteiger partial charge in [-0.15, -0.1) is 11.3 Å². The summed E-state index contributed by atoms with van der Waals surface area (Å²) >= 11 is 1.32. The first-order valence-electron chi connectivity index (χ1n) is 6.75. The summed E-state index contributed by atoms with van der Waals surface area (Å²) in [6.45, 7) is 2.76. The van der Waals surface area contributed by atoms with Crippen LogP contribution in [-0.2, 0) is 9.59 Å². The van der Waals surface area contributed by atoms with E-state index >= 15 is 0 Å². The molecule has 2 N–H and O–H groups in total. The van der Waals surface area contributed by atoms with E-state index in [2.05, 4.69) is 5.32 Å². The summed E-state index contributed by atoms with van der Waals surface area (Å²) in [6, 6.07) is 3.76. The Kier molecular flexibility index (Phi) is 4.94. The molecule has 1 aromatic rings. The van der Waals surface area contributed by atoms with Crippen LogP contribution in [0.5, 0.6) is 0 Å². The molecule has 2 unspecified atom stereocenters. The second-order valence-corrected chi connectivity index (χ2v) is 6.12. The molecule has 0 saturated carbocycles. The van der Waals surface area contributed by atoms with Crippen LogP contribution in [-0.4, -0.2) is 41.0 Å². The molecule has 0 aromatic carbocycles. The van der Waals surface area contributed by atoms with E-state index in [4.69, 9.17) is 10.4 Å². The fourth-order valence-corrected chi connectivity index (χ4v) is 3.28. The Hall–Kier alpha value is -1.91. The normalized spacial score (nSPS) is 22.5.